The molecule has 0 aliphatic carbocycles. The Kier molecular flexibility index (Phi) is 7.59. The first-order chi connectivity index (χ1) is 8.83. The molecule has 0 saturated heterocycles. The monoisotopic (exact) mass is 253 g/mol. The van der Waals surface area contributed by atoms with Crippen LogP contribution < -0.4 is 10.1 Å². The topological polar surface area (TPSA) is 56.8 Å². The second-order valence-corrected chi connectivity index (χ2v) is 3.55. The summed E-state index contributed by atoms with van der Waals surface area (Å²) in [6.07, 6.45) is 0. The van der Waals surface area contributed by atoms with Crippen LogP contribution in [0.1, 0.15) is 0 Å². The van der Waals surface area contributed by atoms with Crippen molar-refractivity contribution in [3.63, 3.8) is 0 Å². The number of carbonyl (C=O) groups is 1. The first-order valence-corrected chi connectivity index (χ1v) is 5.86. The lowest BCUT2D eigenvalue weighted by Crippen LogP contribution is -2.28. The third-order valence-electron chi connectivity index (χ3n) is 2.11. The average molecular weight is 253 g/mol. The van der Waals surface area contributed by atoms with E-state index in [9.17, 15) is 4.79 Å². The third-order valence-corrected chi connectivity index (χ3v) is 2.11. The van der Waals surface area contributed by atoms with Crippen molar-refractivity contribution in [1.29, 1.82) is 0 Å². The summed E-state index contributed by atoms with van der Waals surface area (Å²) in [7, 11) is 1.61. The van der Waals surface area contributed by atoms with E-state index < -0.39 is 0 Å². The average Bonchev–Trinajstić information content (AvgIpc) is 2.41. The van der Waals surface area contributed by atoms with Gasteiger partial charge in [0.1, 0.15) is 19.0 Å². The largest absolute Gasteiger partial charge is 0.490 e. The standard InChI is InChI=1S/C13H19NO4/c1-16-8-7-14-11-13(15)18-10-9-17-12-5-3-2-4-6-12/h2-6,14H,7-11H2,1H3. The Hall–Kier alpha value is -1.59. The van der Waals surface area contributed by atoms with Gasteiger partial charge >= 0.3 is 5.97 Å². The minimum atomic E-state index is -0.289. The maximum atomic E-state index is 11.2. The van der Waals surface area contributed by atoms with Crippen LogP contribution >= 0.6 is 0 Å². The Morgan fingerprint density at radius 2 is 1.94 bits per heavy atom. The Morgan fingerprint density at radius 3 is 2.67 bits per heavy atom. The lowest BCUT2D eigenvalue weighted by molar-refractivity contribution is -0.143. The van der Waals surface area contributed by atoms with E-state index in [2.05, 4.69) is 5.32 Å². The normalized spacial score (nSPS) is 10.1. The number of rotatable bonds is 9. The van der Waals surface area contributed by atoms with Gasteiger partial charge in [-0.3, -0.25) is 4.79 Å². The highest BCUT2D eigenvalue weighted by Crippen LogP contribution is 2.07. The molecule has 0 atom stereocenters. The summed E-state index contributed by atoms with van der Waals surface area (Å²) >= 11 is 0. The summed E-state index contributed by atoms with van der Waals surface area (Å²) in [5, 5.41) is 2.90. The number of hydrogen-bond acceptors (Lipinski definition) is 5. The van der Waals surface area contributed by atoms with Crippen LogP contribution in [-0.2, 0) is 14.3 Å². The molecule has 1 aromatic rings. The van der Waals surface area contributed by atoms with Gasteiger partial charge in [0.25, 0.3) is 0 Å². The fraction of sp³-hybridized carbons (Fsp3) is 0.462. The van der Waals surface area contributed by atoms with Crippen molar-refractivity contribution in [3.05, 3.63) is 30.3 Å². The van der Waals surface area contributed by atoms with Gasteiger partial charge in [0.2, 0.25) is 0 Å². The Labute approximate surface area is 107 Å². The van der Waals surface area contributed by atoms with Crippen molar-refractivity contribution in [2.75, 3.05) is 40.0 Å². The van der Waals surface area contributed by atoms with Crippen LogP contribution in [0.15, 0.2) is 30.3 Å². The van der Waals surface area contributed by atoms with E-state index in [0.717, 1.165) is 5.75 Å². The lowest BCUT2D eigenvalue weighted by atomic mass is 10.3. The van der Waals surface area contributed by atoms with E-state index in [1.165, 1.54) is 0 Å². The van der Waals surface area contributed by atoms with Crippen molar-refractivity contribution < 1.29 is 19.0 Å². The number of hydrogen-bond donors (Lipinski definition) is 1. The zero-order chi connectivity index (χ0) is 13.1. The van der Waals surface area contributed by atoms with Gasteiger partial charge < -0.3 is 19.5 Å². The zero-order valence-electron chi connectivity index (χ0n) is 10.6. The summed E-state index contributed by atoms with van der Waals surface area (Å²) in [6, 6.07) is 9.41. The van der Waals surface area contributed by atoms with E-state index in [1.807, 2.05) is 30.3 Å². The summed E-state index contributed by atoms with van der Waals surface area (Å²) < 4.78 is 15.2. The van der Waals surface area contributed by atoms with Crippen LogP contribution in [0.5, 0.6) is 5.75 Å². The van der Waals surface area contributed by atoms with E-state index in [0.29, 0.717) is 19.8 Å². The highest BCUT2D eigenvalue weighted by molar-refractivity contribution is 5.71. The van der Waals surface area contributed by atoms with Crippen LogP contribution in [0.25, 0.3) is 0 Å². The molecule has 0 radical (unpaired) electrons. The zero-order valence-corrected chi connectivity index (χ0v) is 10.6. The fourth-order valence-electron chi connectivity index (χ4n) is 1.25. The molecule has 1 N–H and O–H groups in total. The number of benzene rings is 1. The molecule has 0 aliphatic rings. The minimum absolute atomic E-state index is 0.189. The smallest absolute Gasteiger partial charge is 0.320 e. The predicted octanol–water partition coefficient (Wildman–Crippen LogP) is 0.845. The first kappa shape index (κ1) is 14.5. The highest BCUT2D eigenvalue weighted by Gasteiger charge is 2.01. The molecular formula is C13H19NO4. The van der Waals surface area contributed by atoms with Gasteiger partial charge in [-0.2, -0.15) is 0 Å². The quantitative estimate of drug-likeness (QED) is 0.522. The summed E-state index contributed by atoms with van der Waals surface area (Å²) in [5.74, 6) is 0.481. The number of ether oxygens (including phenoxy) is 3. The Morgan fingerprint density at radius 1 is 1.17 bits per heavy atom. The molecule has 0 fully saturated rings. The second-order valence-electron chi connectivity index (χ2n) is 3.55. The molecular weight excluding hydrogens is 234 g/mol. The molecule has 0 aromatic heterocycles. The first-order valence-electron chi connectivity index (χ1n) is 5.86. The summed E-state index contributed by atoms with van der Waals surface area (Å²) in [6.45, 7) is 2.00. The number of carbonyl (C=O) groups excluding carboxylic acids is 1. The van der Waals surface area contributed by atoms with Gasteiger partial charge in [0, 0.05) is 13.7 Å². The lowest BCUT2D eigenvalue weighted by Gasteiger charge is -2.07. The van der Waals surface area contributed by atoms with E-state index in [1.54, 1.807) is 7.11 Å². The SMILES string of the molecule is COCCNCC(=O)OCCOc1ccccc1. The molecule has 0 bridgehead atoms. The molecule has 100 valence electrons. The maximum Gasteiger partial charge on any atom is 0.320 e. The van der Waals surface area contributed by atoms with Crippen molar-refractivity contribution in [1.82, 2.24) is 5.32 Å². The second kappa shape index (κ2) is 9.44. The maximum absolute atomic E-state index is 11.2. The predicted molar refractivity (Wildman–Crippen MR) is 67.6 cm³/mol. The van der Waals surface area contributed by atoms with Crippen LogP contribution in [-0.4, -0.2) is 46.0 Å². The molecule has 5 nitrogen and oxygen atoms in total. The van der Waals surface area contributed by atoms with Crippen molar-refractivity contribution in [2.24, 2.45) is 0 Å². The molecule has 0 aliphatic heterocycles. The number of methoxy groups -OCH3 is 1. The van der Waals surface area contributed by atoms with Gasteiger partial charge in [-0.1, -0.05) is 18.2 Å². The van der Waals surface area contributed by atoms with E-state index in [-0.39, 0.29) is 19.1 Å². The molecule has 0 spiro atoms. The molecule has 0 saturated carbocycles. The molecule has 1 aromatic carbocycles. The Bertz CT molecular complexity index is 329. The molecule has 18 heavy (non-hydrogen) atoms. The third kappa shape index (κ3) is 6.88. The van der Waals surface area contributed by atoms with Crippen LogP contribution in [0.4, 0.5) is 0 Å². The Balaban J connectivity index is 1.99. The number of nitrogens with one attached hydrogen (secondary N) is 1. The van der Waals surface area contributed by atoms with Crippen molar-refractivity contribution in [2.45, 2.75) is 0 Å². The van der Waals surface area contributed by atoms with Crippen LogP contribution in [0, 0.1) is 0 Å². The molecule has 0 heterocycles. The molecule has 1 rings (SSSR count). The van der Waals surface area contributed by atoms with Crippen LogP contribution in [0.3, 0.4) is 0 Å². The molecule has 0 unspecified atom stereocenters. The van der Waals surface area contributed by atoms with Gasteiger partial charge in [0.15, 0.2) is 0 Å². The van der Waals surface area contributed by atoms with E-state index in [4.69, 9.17) is 14.2 Å². The van der Waals surface area contributed by atoms with Gasteiger partial charge in [-0.25, -0.2) is 0 Å². The summed E-state index contributed by atoms with van der Waals surface area (Å²) in [5.41, 5.74) is 0. The summed E-state index contributed by atoms with van der Waals surface area (Å²) in [4.78, 5) is 11.2. The molecule has 5 heteroatoms. The van der Waals surface area contributed by atoms with Crippen LogP contribution in [0.2, 0.25) is 0 Å². The number of para-hydroxylation sites is 1. The van der Waals surface area contributed by atoms with Gasteiger partial charge in [-0.05, 0) is 12.1 Å². The van der Waals surface area contributed by atoms with Gasteiger partial charge in [0.05, 0.1) is 13.2 Å². The fourth-order valence-corrected chi connectivity index (χ4v) is 1.25. The number of esters is 1. The minimum Gasteiger partial charge on any atom is -0.490 e. The molecule has 0 amide bonds. The van der Waals surface area contributed by atoms with Crippen molar-refractivity contribution in [3.8, 4) is 5.75 Å². The van der Waals surface area contributed by atoms with Crippen molar-refractivity contribution >= 4 is 5.97 Å². The highest BCUT2D eigenvalue weighted by atomic mass is 16.6. The van der Waals surface area contributed by atoms with Gasteiger partial charge in [-0.15, -0.1) is 0 Å². The van der Waals surface area contributed by atoms with E-state index >= 15 is 0 Å².